The number of nitrogens with one attached hydrogen (secondary N) is 1. The van der Waals surface area contributed by atoms with Gasteiger partial charge in [0.1, 0.15) is 17.6 Å². The molecule has 2 aromatic heterocycles. The summed E-state index contributed by atoms with van der Waals surface area (Å²) in [5.41, 5.74) is 3.48. The number of ether oxygens (including phenoxy) is 1. The lowest BCUT2D eigenvalue weighted by atomic mass is 10.0. The molecule has 156 valence electrons. The third-order valence-electron chi connectivity index (χ3n) is 4.86. The second kappa shape index (κ2) is 8.79. The summed E-state index contributed by atoms with van der Waals surface area (Å²) in [4.78, 5) is 24.7. The molecule has 7 nitrogen and oxygen atoms in total. The fraction of sp³-hybridized carbons (Fsp3) is 0.167. The van der Waals surface area contributed by atoms with Gasteiger partial charge in [-0.15, -0.1) is 0 Å². The minimum Gasteiger partial charge on any atom is -0.493 e. The van der Waals surface area contributed by atoms with Crippen LogP contribution in [0.25, 0.3) is 33.4 Å². The molecule has 2 aromatic carbocycles. The molecule has 0 aliphatic carbocycles. The molecule has 2 heterocycles. The Balaban J connectivity index is 1.73. The molecule has 0 bridgehead atoms. The van der Waals surface area contributed by atoms with E-state index in [1.807, 2.05) is 55.5 Å². The van der Waals surface area contributed by atoms with Gasteiger partial charge in [0, 0.05) is 22.7 Å². The number of carboxylic acids is 1. The van der Waals surface area contributed by atoms with Crippen LogP contribution in [0.4, 0.5) is 5.82 Å². The zero-order valence-electron chi connectivity index (χ0n) is 17.2. The van der Waals surface area contributed by atoms with Crippen LogP contribution in [-0.2, 0) is 4.79 Å². The number of aromatic nitrogens is 3. The number of nitrogens with zero attached hydrogens (tertiary/aromatic N) is 3. The van der Waals surface area contributed by atoms with Crippen LogP contribution in [0, 0.1) is 0 Å². The van der Waals surface area contributed by atoms with Crippen LogP contribution in [0.1, 0.15) is 13.8 Å². The number of hydrogen-bond acceptors (Lipinski definition) is 6. The largest absolute Gasteiger partial charge is 0.493 e. The minimum absolute atomic E-state index is 0.461. The Bertz CT molecular complexity index is 1230. The number of aliphatic carboxylic acids is 1. The van der Waals surface area contributed by atoms with Crippen molar-refractivity contribution in [2.45, 2.75) is 19.9 Å². The third-order valence-corrected chi connectivity index (χ3v) is 4.86. The molecular weight excluding hydrogens is 392 g/mol. The first-order chi connectivity index (χ1) is 15.1. The molecule has 0 saturated carbocycles. The van der Waals surface area contributed by atoms with Gasteiger partial charge in [-0.2, -0.15) is 0 Å². The van der Waals surface area contributed by atoms with Crippen LogP contribution >= 0.6 is 0 Å². The lowest BCUT2D eigenvalue weighted by molar-refractivity contribution is -0.137. The zero-order chi connectivity index (χ0) is 21.8. The Morgan fingerprint density at radius 1 is 1.06 bits per heavy atom. The molecule has 1 atom stereocenters. The van der Waals surface area contributed by atoms with E-state index in [-0.39, 0.29) is 0 Å². The van der Waals surface area contributed by atoms with Crippen molar-refractivity contribution in [3.63, 3.8) is 0 Å². The standard InChI is InChI=1S/C24H22N4O3/c1-3-31-21-7-5-4-6-18(21)16-8-10-17(11-9-16)22-27-20-14-25-13-12-19(20)23(28-22)26-15(2)24(29)30/h4-15H,3H2,1-2H3,(H,29,30)(H,26,27,28). The van der Waals surface area contributed by atoms with Gasteiger partial charge >= 0.3 is 5.97 Å². The number of para-hydroxylation sites is 1. The van der Waals surface area contributed by atoms with E-state index in [0.717, 1.165) is 22.4 Å². The average Bonchev–Trinajstić information content (AvgIpc) is 2.79. The van der Waals surface area contributed by atoms with E-state index in [1.54, 1.807) is 25.4 Å². The Hall–Kier alpha value is -4.00. The molecule has 4 aromatic rings. The van der Waals surface area contributed by atoms with E-state index >= 15 is 0 Å². The molecule has 31 heavy (non-hydrogen) atoms. The number of carbonyl (C=O) groups is 1. The molecule has 7 heteroatoms. The Morgan fingerprint density at radius 3 is 2.55 bits per heavy atom. The van der Waals surface area contributed by atoms with E-state index < -0.39 is 12.0 Å². The summed E-state index contributed by atoms with van der Waals surface area (Å²) < 4.78 is 5.74. The predicted molar refractivity (Wildman–Crippen MR) is 120 cm³/mol. The lowest BCUT2D eigenvalue weighted by Gasteiger charge is -2.14. The van der Waals surface area contributed by atoms with Crippen LogP contribution in [0.2, 0.25) is 0 Å². The molecule has 0 aliphatic rings. The normalized spacial score (nSPS) is 11.8. The second-order valence-corrected chi connectivity index (χ2v) is 7.00. The van der Waals surface area contributed by atoms with Crippen molar-refractivity contribution in [1.29, 1.82) is 0 Å². The number of carboxylic acid groups (broad SMARTS) is 1. The van der Waals surface area contributed by atoms with Gasteiger partial charge < -0.3 is 15.2 Å². The van der Waals surface area contributed by atoms with Gasteiger partial charge in [0.25, 0.3) is 0 Å². The maximum absolute atomic E-state index is 11.3. The Kier molecular flexibility index (Phi) is 5.75. The fourth-order valence-corrected chi connectivity index (χ4v) is 3.27. The van der Waals surface area contributed by atoms with Crippen molar-refractivity contribution in [1.82, 2.24) is 15.0 Å². The first-order valence-corrected chi connectivity index (χ1v) is 10.0. The zero-order valence-corrected chi connectivity index (χ0v) is 17.2. The molecule has 2 N–H and O–H groups in total. The Labute approximate surface area is 179 Å². The smallest absolute Gasteiger partial charge is 0.325 e. The topological polar surface area (TPSA) is 97.2 Å². The summed E-state index contributed by atoms with van der Waals surface area (Å²) in [7, 11) is 0. The summed E-state index contributed by atoms with van der Waals surface area (Å²) in [5, 5.41) is 12.9. The van der Waals surface area contributed by atoms with E-state index in [1.165, 1.54) is 0 Å². The van der Waals surface area contributed by atoms with Crippen molar-refractivity contribution in [3.05, 3.63) is 67.0 Å². The number of pyridine rings is 1. The number of benzene rings is 2. The van der Waals surface area contributed by atoms with E-state index in [4.69, 9.17) is 4.74 Å². The van der Waals surface area contributed by atoms with Gasteiger partial charge in [-0.25, -0.2) is 9.97 Å². The minimum atomic E-state index is -0.959. The number of fused-ring (bicyclic) bond motifs is 1. The fourth-order valence-electron chi connectivity index (χ4n) is 3.27. The van der Waals surface area contributed by atoms with Crippen molar-refractivity contribution in [2.75, 3.05) is 11.9 Å². The number of anilines is 1. The molecule has 0 spiro atoms. The summed E-state index contributed by atoms with van der Waals surface area (Å²) in [6.07, 6.45) is 3.27. The predicted octanol–water partition coefficient (Wildman–Crippen LogP) is 4.64. The van der Waals surface area contributed by atoms with Gasteiger partial charge in [0.2, 0.25) is 0 Å². The summed E-state index contributed by atoms with van der Waals surface area (Å²) >= 11 is 0. The summed E-state index contributed by atoms with van der Waals surface area (Å²) in [6.45, 7) is 4.13. The SMILES string of the molecule is CCOc1ccccc1-c1ccc(-c2nc(NC(C)C(=O)O)c3ccncc3n2)cc1. The van der Waals surface area contributed by atoms with Crippen LogP contribution in [0.15, 0.2) is 67.0 Å². The maximum Gasteiger partial charge on any atom is 0.325 e. The highest BCUT2D eigenvalue weighted by atomic mass is 16.5. The Morgan fingerprint density at radius 2 is 1.81 bits per heavy atom. The van der Waals surface area contributed by atoms with Crippen LogP contribution in [0.5, 0.6) is 5.75 Å². The summed E-state index contributed by atoms with van der Waals surface area (Å²) in [6, 6.07) is 16.8. The average molecular weight is 414 g/mol. The highest BCUT2D eigenvalue weighted by molar-refractivity contribution is 5.91. The van der Waals surface area contributed by atoms with E-state index in [9.17, 15) is 9.90 Å². The molecule has 4 rings (SSSR count). The molecule has 0 radical (unpaired) electrons. The van der Waals surface area contributed by atoms with Crippen LogP contribution in [-0.4, -0.2) is 38.7 Å². The van der Waals surface area contributed by atoms with Gasteiger partial charge in [-0.1, -0.05) is 42.5 Å². The van der Waals surface area contributed by atoms with E-state index in [2.05, 4.69) is 20.3 Å². The van der Waals surface area contributed by atoms with Gasteiger partial charge in [0.15, 0.2) is 5.82 Å². The lowest BCUT2D eigenvalue weighted by Crippen LogP contribution is -2.26. The van der Waals surface area contributed by atoms with Crippen LogP contribution in [0.3, 0.4) is 0 Å². The van der Waals surface area contributed by atoms with Crippen molar-refractivity contribution >= 4 is 22.7 Å². The maximum atomic E-state index is 11.3. The first-order valence-electron chi connectivity index (χ1n) is 10.0. The molecule has 0 aliphatic heterocycles. The number of rotatable bonds is 7. The molecule has 0 fully saturated rings. The third kappa shape index (κ3) is 4.30. The molecular formula is C24H22N4O3. The number of hydrogen-bond donors (Lipinski definition) is 2. The highest BCUT2D eigenvalue weighted by Gasteiger charge is 2.16. The molecule has 0 saturated heterocycles. The second-order valence-electron chi connectivity index (χ2n) is 7.00. The summed E-state index contributed by atoms with van der Waals surface area (Å²) in [5.74, 6) is 0.827. The van der Waals surface area contributed by atoms with Crippen molar-refractivity contribution in [2.24, 2.45) is 0 Å². The monoisotopic (exact) mass is 414 g/mol. The quantitative estimate of drug-likeness (QED) is 0.454. The molecule has 0 amide bonds. The van der Waals surface area contributed by atoms with Crippen molar-refractivity contribution in [3.8, 4) is 28.3 Å². The van der Waals surface area contributed by atoms with Crippen LogP contribution < -0.4 is 10.1 Å². The van der Waals surface area contributed by atoms with Gasteiger partial charge in [-0.05, 0) is 31.5 Å². The van der Waals surface area contributed by atoms with Gasteiger partial charge in [0.05, 0.1) is 18.3 Å². The van der Waals surface area contributed by atoms with E-state index in [0.29, 0.717) is 29.2 Å². The molecule has 1 unspecified atom stereocenters. The van der Waals surface area contributed by atoms with Crippen molar-refractivity contribution < 1.29 is 14.6 Å². The first kappa shape index (κ1) is 20.3. The highest BCUT2D eigenvalue weighted by Crippen LogP contribution is 2.32. The van der Waals surface area contributed by atoms with Gasteiger partial charge in [-0.3, -0.25) is 9.78 Å².